The number of benzene rings is 1. The highest BCUT2D eigenvalue weighted by atomic mass is 35.5. The zero-order chi connectivity index (χ0) is 12.3. The molecule has 2 aromatic rings. The van der Waals surface area contributed by atoms with Crippen molar-refractivity contribution in [3.05, 3.63) is 52.7 Å². The minimum Gasteiger partial charge on any atom is -0.384 e. The number of nitrogen functional groups attached to an aromatic ring is 1. The first-order valence-corrected chi connectivity index (χ1v) is 6.62. The SMILES string of the molecule is Cc1ccc(SCc2nc(N)ccc2Cl)cc1. The van der Waals surface area contributed by atoms with Crippen LogP contribution in [0.1, 0.15) is 11.3 Å². The number of nitrogens with zero attached hydrogens (tertiary/aromatic N) is 1. The number of nitrogens with two attached hydrogens (primary N) is 1. The second kappa shape index (κ2) is 5.43. The van der Waals surface area contributed by atoms with Gasteiger partial charge in [-0.2, -0.15) is 0 Å². The maximum atomic E-state index is 6.06. The van der Waals surface area contributed by atoms with Gasteiger partial charge in [-0.3, -0.25) is 0 Å². The lowest BCUT2D eigenvalue weighted by Crippen LogP contribution is -1.95. The predicted molar refractivity (Wildman–Crippen MR) is 74.4 cm³/mol. The first-order valence-electron chi connectivity index (χ1n) is 5.25. The highest BCUT2D eigenvalue weighted by Gasteiger charge is 2.03. The van der Waals surface area contributed by atoms with E-state index in [0.29, 0.717) is 10.8 Å². The highest BCUT2D eigenvalue weighted by Crippen LogP contribution is 2.26. The van der Waals surface area contributed by atoms with Crippen molar-refractivity contribution in [2.45, 2.75) is 17.6 Å². The predicted octanol–water partition coefficient (Wildman–Crippen LogP) is 3.92. The summed E-state index contributed by atoms with van der Waals surface area (Å²) in [5.41, 5.74) is 7.73. The van der Waals surface area contributed by atoms with Crippen molar-refractivity contribution in [2.24, 2.45) is 0 Å². The Morgan fingerprint density at radius 3 is 2.59 bits per heavy atom. The molecular weight excluding hydrogens is 252 g/mol. The van der Waals surface area contributed by atoms with Gasteiger partial charge < -0.3 is 5.73 Å². The van der Waals surface area contributed by atoms with Crippen molar-refractivity contribution in [3.8, 4) is 0 Å². The second-order valence-electron chi connectivity index (χ2n) is 3.77. The molecule has 4 heteroatoms. The van der Waals surface area contributed by atoms with Crippen molar-refractivity contribution in [3.63, 3.8) is 0 Å². The van der Waals surface area contributed by atoms with Gasteiger partial charge in [-0.25, -0.2) is 4.98 Å². The van der Waals surface area contributed by atoms with Crippen molar-refractivity contribution in [1.82, 2.24) is 4.98 Å². The summed E-state index contributed by atoms with van der Waals surface area (Å²) in [4.78, 5) is 5.43. The molecule has 2 nitrogen and oxygen atoms in total. The van der Waals surface area contributed by atoms with Crippen LogP contribution in [0, 0.1) is 6.92 Å². The number of halogens is 1. The van der Waals surface area contributed by atoms with E-state index in [2.05, 4.69) is 36.2 Å². The van der Waals surface area contributed by atoms with Gasteiger partial charge in [0.2, 0.25) is 0 Å². The van der Waals surface area contributed by atoms with E-state index in [0.717, 1.165) is 11.4 Å². The summed E-state index contributed by atoms with van der Waals surface area (Å²) in [5, 5.41) is 0.666. The number of rotatable bonds is 3. The Bertz CT molecular complexity index is 511. The van der Waals surface area contributed by atoms with E-state index < -0.39 is 0 Å². The molecule has 0 radical (unpaired) electrons. The Labute approximate surface area is 110 Å². The van der Waals surface area contributed by atoms with Gasteiger partial charge in [-0.05, 0) is 31.2 Å². The van der Waals surface area contributed by atoms with E-state index >= 15 is 0 Å². The molecule has 0 saturated heterocycles. The number of thioether (sulfide) groups is 1. The van der Waals surface area contributed by atoms with Crippen LogP contribution in [0.2, 0.25) is 5.02 Å². The summed E-state index contributed by atoms with van der Waals surface area (Å²) in [7, 11) is 0. The van der Waals surface area contributed by atoms with Gasteiger partial charge in [0, 0.05) is 10.6 Å². The van der Waals surface area contributed by atoms with Gasteiger partial charge in [0.25, 0.3) is 0 Å². The number of hydrogen-bond acceptors (Lipinski definition) is 3. The monoisotopic (exact) mass is 264 g/mol. The Morgan fingerprint density at radius 2 is 1.88 bits per heavy atom. The lowest BCUT2D eigenvalue weighted by molar-refractivity contribution is 1.18. The summed E-state index contributed by atoms with van der Waals surface area (Å²) >= 11 is 7.76. The number of hydrogen-bond donors (Lipinski definition) is 1. The Balaban J connectivity index is 2.07. The number of anilines is 1. The van der Waals surface area contributed by atoms with Crippen LogP contribution in [0.25, 0.3) is 0 Å². The van der Waals surface area contributed by atoms with E-state index in [1.165, 1.54) is 10.5 Å². The molecule has 0 aliphatic rings. The van der Waals surface area contributed by atoms with Crippen LogP contribution in [0.15, 0.2) is 41.3 Å². The molecule has 0 aliphatic heterocycles. The molecule has 0 saturated carbocycles. The summed E-state index contributed by atoms with van der Waals surface area (Å²) in [6, 6.07) is 11.9. The lowest BCUT2D eigenvalue weighted by Gasteiger charge is -2.05. The molecule has 1 aromatic carbocycles. The quantitative estimate of drug-likeness (QED) is 0.854. The van der Waals surface area contributed by atoms with E-state index in [9.17, 15) is 0 Å². The number of aromatic nitrogens is 1. The van der Waals surface area contributed by atoms with Crippen molar-refractivity contribution in [1.29, 1.82) is 0 Å². The molecule has 17 heavy (non-hydrogen) atoms. The average Bonchev–Trinajstić information content (AvgIpc) is 2.32. The van der Waals surface area contributed by atoms with Gasteiger partial charge >= 0.3 is 0 Å². The van der Waals surface area contributed by atoms with E-state index in [1.54, 1.807) is 23.9 Å². The van der Waals surface area contributed by atoms with Crippen LogP contribution in [0.5, 0.6) is 0 Å². The maximum absolute atomic E-state index is 6.06. The molecule has 0 unspecified atom stereocenters. The van der Waals surface area contributed by atoms with Crippen LogP contribution >= 0.6 is 23.4 Å². The third-order valence-corrected chi connectivity index (χ3v) is 3.70. The lowest BCUT2D eigenvalue weighted by atomic mass is 10.2. The summed E-state index contributed by atoms with van der Waals surface area (Å²) in [6.45, 7) is 2.07. The molecule has 0 atom stereocenters. The van der Waals surface area contributed by atoms with Gasteiger partial charge in [0.1, 0.15) is 5.82 Å². The first-order chi connectivity index (χ1) is 8.15. The molecule has 88 valence electrons. The smallest absolute Gasteiger partial charge is 0.123 e. The van der Waals surface area contributed by atoms with Crippen molar-refractivity contribution >= 4 is 29.2 Å². The second-order valence-corrected chi connectivity index (χ2v) is 5.22. The maximum Gasteiger partial charge on any atom is 0.123 e. The first kappa shape index (κ1) is 12.3. The Kier molecular flexibility index (Phi) is 3.92. The molecule has 1 heterocycles. The Hall–Kier alpha value is -1.19. The zero-order valence-electron chi connectivity index (χ0n) is 9.48. The number of aryl methyl sites for hydroxylation is 1. The molecule has 2 N–H and O–H groups in total. The van der Waals surface area contributed by atoms with Gasteiger partial charge in [-0.1, -0.05) is 29.3 Å². The van der Waals surface area contributed by atoms with Crippen LogP contribution in [0.3, 0.4) is 0 Å². The fourth-order valence-electron chi connectivity index (χ4n) is 1.39. The van der Waals surface area contributed by atoms with Crippen molar-refractivity contribution in [2.75, 3.05) is 5.73 Å². The van der Waals surface area contributed by atoms with Gasteiger partial charge in [0.05, 0.1) is 10.7 Å². The molecular formula is C13H13ClN2S. The molecule has 0 bridgehead atoms. The van der Waals surface area contributed by atoms with Crippen molar-refractivity contribution < 1.29 is 0 Å². The molecule has 1 aromatic heterocycles. The fourth-order valence-corrected chi connectivity index (χ4v) is 2.49. The van der Waals surface area contributed by atoms with E-state index in [4.69, 9.17) is 17.3 Å². The third kappa shape index (κ3) is 3.38. The minimum absolute atomic E-state index is 0.508. The van der Waals surface area contributed by atoms with E-state index in [1.807, 2.05) is 0 Å². The van der Waals surface area contributed by atoms with Crippen LogP contribution in [-0.2, 0) is 5.75 Å². The summed E-state index contributed by atoms with van der Waals surface area (Å²) in [6.07, 6.45) is 0. The topological polar surface area (TPSA) is 38.9 Å². The normalized spacial score (nSPS) is 10.5. The fraction of sp³-hybridized carbons (Fsp3) is 0.154. The minimum atomic E-state index is 0.508. The summed E-state index contributed by atoms with van der Waals surface area (Å²) in [5.74, 6) is 1.24. The average molecular weight is 265 g/mol. The van der Waals surface area contributed by atoms with Crippen LogP contribution in [0.4, 0.5) is 5.82 Å². The largest absolute Gasteiger partial charge is 0.384 e. The van der Waals surface area contributed by atoms with Crippen LogP contribution in [-0.4, -0.2) is 4.98 Å². The zero-order valence-corrected chi connectivity index (χ0v) is 11.1. The van der Waals surface area contributed by atoms with Crippen LogP contribution < -0.4 is 5.73 Å². The molecule has 0 fully saturated rings. The van der Waals surface area contributed by atoms with E-state index in [-0.39, 0.29) is 0 Å². The number of pyridine rings is 1. The molecule has 0 spiro atoms. The highest BCUT2D eigenvalue weighted by molar-refractivity contribution is 7.98. The third-order valence-electron chi connectivity index (χ3n) is 2.34. The molecule has 0 aliphatic carbocycles. The summed E-state index contributed by atoms with van der Waals surface area (Å²) < 4.78 is 0. The molecule has 0 amide bonds. The Morgan fingerprint density at radius 1 is 1.18 bits per heavy atom. The van der Waals surface area contributed by atoms with Gasteiger partial charge in [0.15, 0.2) is 0 Å². The van der Waals surface area contributed by atoms with Gasteiger partial charge in [-0.15, -0.1) is 11.8 Å². The molecule has 2 rings (SSSR count). The standard InChI is InChI=1S/C13H13ClN2S/c1-9-2-4-10(5-3-9)17-8-12-11(14)6-7-13(15)16-12/h2-7H,8H2,1H3,(H2,15,16).